The van der Waals surface area contributed by atoms with Crippen molar-refractivity contribution in [3.05, 3.63) is 59.7 Å². The van der Waals surface area contributed by atoms with Gasteiger partial charge in [-0.15, -0.1) is 23.8 Å². The number of amides is 3. The van der Waals surface area contributed by atoms with Crippen molar-refractivity contribution >= 4 is 23.6 Å². The number of carbonyl (C=O) groups excluding carboxylic acids is 2. The van der Waals surface area contributed by atoms with Crippen LogP contribution in [0, 0.1) is 11.3 Å². The first-order valence-electron chi connectivity index (χ1n) is 12.8. The first-order valence-corrected chi connectivity index (χ1v) is 12.8. The molecule has 2 aromatic rings. The number of nitrogens with zero attached hydrogens (tertiary/aromatic N) is 3. The Balaban J connectivity index is 1.76. The second kappa shape index (κ2) is 12.8. The van der Waals surface area contributed by atoms with Crippen LogP contribution in [-0.4, -0.2) is 35.2 Å². The van der Waals surface area contributed by atoms with Gasteiger partial charge in [-0.1, -0.05) is 32.9 Å². The average Bonchev–Trinajstić information content (AvgIpc) is 2.90. The highest BCUT2D eigenvalue weighted by Crippen LogP contribution is 2.39. The maximum absolute atomic E-state index is 13.5. The van der Waals surface area contributed by atoms with Crippen LogP contribution in [-0.2, 0) is 6.54 Å². The summed E-state index contributed by atoms with van der Waals surface area (Å²) in [4.78, 5) is 27.6. The molecule has 0 radical (unpaired) electrons. The Morgan fingerprint density at radius 3 is 2.12 bits per heavy atom. The lowest BCUT2D eigenvalue weighted by atomic mass is 9.71. The standard InChI is InChI=1S/C27H34F3N7O3/c1-26(2,3)19-8-12-21(13-9-19)37(25(39)33-20-10-14-22(15-11-20)40-27(28,29)30)16-17-4-6-18(7-5-17)23(38)34-24(35-31)36-32/h4-7,10-11,14-15,19,21,31H,8-9,12-13,16,32H2,1-3H3,(H,33,39)(H,34,36,38)/p+1. The summed E-state index contributed by atoms with van der Waals surface area (Å²) in [6.07, 6.45) is -1.23. The van der Waals surface area contributed by atoms with Crippen molar-refractivity contribution in [1.29, 1.82) is 0 Å². The van der Waals surface area contributed by atoms with Crippen molar-refractivity contribution in [2.24, 2.45) is 27.4 Å². The first kappa shape index (κ1) is 30.4. The SMILES string of the molecule is CC(C)(C)C1CCC(N(Cc2ccc(C(=O)N/C(N=[NH2+])=N/N)cc2)C(=O)Nc2ccc(OC(F)(F)F)cc2)CC1. The van der Waals surface area contributed by atoms with Crippen LogP contribution in [0.4, 0.5) is 23.7 Å². The summed E-state index contributed by atoms with van der Waals surface area (Å²) in [6, 6.07) is 11.2. The van der Waals surface area contributed by atoms with E-state index in [1.807, 2.05) is 0 Å². The molecular formula is C27H35F3N7O3+. The van der Waals surface area contributed by atoms with Gasteiger partial charge < -0.3 is 20.8 Å². The van der Waals surface area contributed by atoms with Crippen molar-refractivity contribution in [1.82, 2.24) is 10.2 Å². The van der Waals surface area contributed by atoms with Crippen LogP contribution in [0.1, 0.15) is 62.4 Å². The predicted octanol–water partition coefficient (Wildman–Crippen LogP) is 4.40. The molecule has 40 heavy (non-hydrogen) atoms. The Hall–Kier alpha value is -4.16. The van der Waals surface area contributed by atoms with Crippen LogP contribution >= 0.6 is 0 Å². The normalized spacial score (nSPS) is 18.0. The van der Waals surface area contributed by atoms with Gasteiger partial charge in [-0.3, -0.25) is 10.1 Å². The number of hydrogen-bond donors (Lipinski definition) is 4. The fraction of sp³-hybridized carbons (Fsp3) is 0.444. The summed E-state index contributed by atoms with van der Waals surface area (Å²) in [5.41, 5.74) is 6.72. The van der Waals surface area contributed by atoms with E-state index in [1.165, 1.54) is 12.1 Å². The Bertz CT molecular complexity index is 1200. The van der Waals surface area contributed by atoms with Crippen molar-refractivity contribution < 1.29 is 33.0 Å². The molecule has 0 spiro atoms. The Morgan fingerprint density at radius 2 is 1.62 bits per heavy atom. The van der Waals surface area contributed by atoms with Crippen LogP contribution in [0.15, 0.2) is 58.7 Å². The molecule has 0 saturated heterocycles. The molecule has 13 heteroatoms. The predicted molar refractivity (Wildman–Crippen MR) is 143 cm³/mol. The van der Waals surface area contributed by atoms with Gasteiger partial charge in [0.15, 0.2) is 0 Å². The number of guanidine groups is 1. The third-order valence-electron chi connectivity index (χ3n) is 7.00. The van der Waals surface area contributed by atoms with Gasteiger partial charge in [0.2, 0.25) is 0 Å². The number of hydrogen-bond acceptors (Lipinski definition) is 5. The summed E-state index contributed by atoms with van der Waals surface area (Å²) in [5.74, 6) is 4.55. The topological polar surface area (TPSA) is 147 Å². The molecule has 0 aromatic heterocycles. The minimum absolute atomic E-state index is 0.0381. The van der Waals surface area contributed by atoms with E-state index in [0.717, 1.165) is 43.4 Å². The molecule has 2 aromatic carbocycles. The van der Waals surface area contributed by atoms with Crippen molar-refractivity contribution in [3.63, 3.8) is 0 Å². The molecule has 1 aliphatic rings. The van der Waals surface area contributed by atoms with Crippen molar-refractivity contribution in [2.45, 2.75) is 65.4 Å². The van der Waals surface area contributed by atoms with Gasteiger partial charge in [0, 0.05) is 29.0 Å². The number of carbonyl (C=O) groups is 2. The number of ether oxygens (including phenoxy) is 1. The van der Waals surface area contributed by atoms with E-state index in [1.54, 1.807) is 29.2 Å². The van der Waals surface area contributed by atoms with Gasteiger partial charge in [0.1, 0.15) is 5.75 Å². The molecule has 1 fully saturated rings. The molecular weight excluding hydrogens is 527 g/mol. The van der Waals surface area contributed by atoms with E-state index >= 15 is 0 Å². The molecule has 10 nitrogen and oxygen atoms in total. The summed E-state index contributed by atoms with van der Waals surface area (Å²) >= 11 is 0. The third kappa shape index (κ3) is 8.68. The molecule has 0 atom stereocenters. The number of alkyl halides is 3. The number of halogens is 3. The molecule has 3 amide bonds. The van der Waals surface area contributed by atoms with Gasteiger partial charge in [-0.25, -0.2) is 4.79 Å². The van der Waals surface area contributed by atoms with Gasteiger partial charge in [0.05, 0.1) is 0 Å². The maximum Gasteiger partial charge on any atom is 0.573 e. The van der Waals surface area contributed by atoms with Crippen LogP contribution in [0.5, 0.6) is 5.75 Å². The lowest BCUT2D eigenvalue weighted by Crippen LogP contribution is -2.45. The van der Waals surface area contributed by atoms with Crippen LogP contribution in [0.3, 0.4) is 0 Å². The number of nitrogens with one attached hydrogen (secondary N) is 2. The summed E-state index contributed by atoms with van der Waals surface area (Å²) in [7, 11) is 0. The minimum atomic E-state index is -4.80. The smallest absolute Gasteiger partial charge is 0.406 e. The van der Waals surface area contributed by atoms with Gasteiger partial charge in [-0.05, 0) is 79.0 Å². The summed E-state index contributed by atoms with van der Waals surface area (Å²) in [6.45, 7) is 6.92. The zero-order valence-corrected chi connectivity index (χ0v) is 22.7. The van der Waals surface area contributed by atoms with E-state index in [2.05, 4.69) is 46.4 Å². The van der Waals surface area contributed by atoms with E-state index in [4.69, 9.17) is 11.4 Å². The lowest BCUT2D eigenvalue weighted by Gasteiger charge is -2.41. The molecule has 0 unspecified atom stereocenters. The van der Waals surface area contributed by atoms with E-state index in [-0.39, 0.29) is 35.7 Å². The third-order valence-corrected chi connectivity index (χ3v) is 7.00. The highest BCUT2D eigenvalue weighted by Gasteiger charge is 2.34. The number of rotatable bonds is 6. The Kier molecular flexibility index (Phi) is 9.72. The van der Waals surface area contributed by atoms with E-state index in [9.17, 15) is 22.8 Å². The monoisotopic (exact) mass is 562 g/mol. The molecule has 6 N–H and O–H groups in total. The number of anilines is 1. The highest BCUT2D eigenvalue weighted by molar-refractivity contribution is 6.05. The summed E-state index contributed by atoms with van der Waals surface area (Å²) < 4.78 is 41.4. The number of benzene rings is 2. The maximum atomic E-state index is 13.5. The van der Waals surface area contributed by atoms with E-state index < -0.39 is 12.3 Å². The van der Waals surface area contributed by atoms with Crippen molar-refractivity contribution in [3.8, 4) is 5.75 Å². The van der Waals surface area contributed by atoms with Gasteiger partial charge in [-0.2, -0.15) is 0 Å². The minimum Gasteiger partial charge on any atom is -0.406 e. The molecule has 216 valence electrons. The zero-order chi connectivity index (χ0) is 29.5. The van der Waals surface area contributed by atoms with Crippen LogP contribution in [0.25, 0.3) is 0 Å². The average molecular weight is 563 g/mol. The largest absolute Gasteiger partial charge is 0.573 e. The van der Waals surface area contributed by atoms with Crippen LogP contribution < -0.4 is 26.7 Å². The highest BCUT2D eigenvalue weighted by atomic mass is 19.4. The number of hydrazone groups is 1. The first-order chi connectivity index (χ1) is 18.8. The number of nitrogens with two attached hydrogens (primary N) is 2. The zero-order valence-electron chi connectivity index (χ0n) is 22.7. The Morgan fingerprint density at radius 1 is 1.02 bits per heavy atom. The van der Waals surface area contributed by atoms with E-state index in [0.29, 0.717) is 17.2 Å². The Labute approximate surface area is 230 Å². The number of urea groups is 1. The summed E-state index contributed by atoms with van der Waals surface area (Å²) in [5, 5.41) is 11.7. The second-order valence-electron chi connectivity index (χ2n) is 10.7. The molecule has 0 bridgehead atoms. The second-order valence-corrected chi connectivity index (χ2v) is 10.7. The van der Waals surface area contributed by atoms with Crippen molar-refractivity contribution in [2.75, 3.05) is 5.32 Å². The fourth-order valence-electron chi connectivity index (χ4n) is 4.79. The van der Waals surface area contributed by atoms with Crippen LogP contribution in [0.2, 0.25) is 0 Å². The molecule has 3 rings (SSSR count). The molecule has 1 aliphatic carbocycles. The quantitative estimate of drug-likeness (QED) is 0.136. The van der Waals surface area contributed by atoms with Gasteiger partial charge >= 0.3 is 18.4 Å². The molecule has 0 heterocycles. The molecule has 0 aliphatic heterocycles. The molecule has 1 saturated carbocycles. The fourth-order valence-corrected chi connectivity index (χ4v) is 4.79. The lowest BCUT2D eigenvalue weighted by molar-refractivity contribution is -0.274. The van der Waals surface area contributed by atoms with Gasteiger partial charge in [0.25, 0.3) is 5.91 Å².